The largest absolute Gasteiger partial charge is 0.395 e. The summed E-state index contributed by atoms with van der Waals surface area (Å²) in [5.74, 6) is 1.91. The van der Waals surface area contributed by atoms with Crippen LogP contribution in [0.4, 0.5) is 0 Å². The van der Waals surface area contributed by atoms with E-state index in [0.717, 1.165) is 19.4 Å². The fraction of sp³-hybridized carbons (Fsp3) is 0.667. The maximum atomic E-state index is 9.53. The van der Waals surface area contributed by atoms with Crippen molar-refractivity contribution in [3.8, 4) is 11.6 Å². The Balaban J connectivity index is 1.71. The summed E-state index contributed by atoms with van der Waals surface area (Å²) in [7, 11) is 0. The molecule has 3 rings (SSSR count). The smallest absolute Gasteiger partial charge is 0.241 e. The zero-order valence-electron chi connectivity index (χ0n) is 11.4. The minimum atomic E-state index is 0.157. The van der Waals surface area contributed by atoms with Gasteiger partial charge in [-0.3, -0.25) is 10.00 Å². The van der Waals surface area contributed by atoms with Crippen molar-refractivity contribution in [1.82, 2.24) is 30.2 Å². The molecule has 1 aliphatic heterocycles. The summed E-state index contributed by atoms with van der Waals surface area (Å²) in [6, 6.07) is 0.157. The molecule has 108 valence electrons. The number of aliphatic hydroxyl groups is 1. The second kappa shape index (κ2) is 5.68. The molecule has 0 bridgehead atoms. The van der Waals surface area contributed by atoms with Gasteiger partial charge in [-0.15, -0.1) is 0 Å². The third-order valence-electron chi connectivity index (χ3n) is 3.85. The molecule has 0 radical (unpaired) electrons. The number of nitrogens with zero attached hydrogens (tertiary/aromatic N) is 5. The molecule has 3 heterocycles. The molecule has 2 N–H and O–H groups in total. The molecule has 0 aliphatic carbocycles. The lowest BCUT2D eigenvalue weighted by Gasteiger charge is -2.38. The van der Waals surface area contributed by atoms with Gasteiger partial charge in [-0.25, -0.2) is 4.98 Å². The summed E-state index contributed by atoms with van der Waals surface area (Å²) in [6.45, 7) is 3.82. The number of hydrogen-bond acceptors (Lipinski definition) is 7. The van der Waals surface area contributed by atoms with Crippen LogP contribution in [0.2, 0.25) is 0 Å². The average molecular weight is 278 g/mol. The van der Waals surface area contributed by atoms with Crippen molar-refractivity contribution in [1.29, 1.82) is 0 Å². The highest BCUT2D eigenvalue weighted by molar-refractivity contribution is 5.39. The van der Waals surface area contributed by atoms with Gasteiger partial charge >= 0.3 is 0 Å². The van der Waals surface area contributed by atoms with Crippen molar-refractivity contribution in [3.05, 3.63) is 12.2 Å². The lowest BCUT2D eigenvalue weighted by atomic mass is 9.91. The van der Waals surface area contributed by atoms with E-state index in [0.29, 0.717) is 30.0 Å². The second-order valence-corrected chi connectivity index (χ2v) is 5.19. The molecule has 1 saturated heterocycles. The van der Waals surface area contributed by atoms with Gasteiger partial charge in [0.25, 0.3) is 0 Å². The molecule has 0 amide bonds. The number of piperidine rings is 1. The Morgan fingerprint density at radius 2 is 2.45 bits per heavy atom. The highest BCUT2D eigenvalue weighted by Crippen LogP contribution is 2.24. The van der Waals surface area contributed by atoms with Crippen LogP contribution in [0.5, 0.6) is 0 Å². The van der Waals surface area contributed by atoms with Crippen LogP contribution in [0.3, 0.4) is 0 Å². The predicted octanol–water partition coefficient (Wildman–Crippen LogP) is 0.447. The van der Waals surface area contributed by atoms with E-state index in [1.807, 2.05) is 0 Å². The minimum absolute atomic E-state index is 0.157. The van der Waals surface area contributed by atoms with E-state index in [2.05, 4.69) is 37.1 Å². The van der Waals surface area contributed by atoms with E-state index in [1.54, 1.807) is 0 Å². The monoisotopic (exact) mass is 278 g/mol. The van der Waals surface area contributed by atoms with Gasteiger partial charge in [-0.05, 0) is 25.3 Å². The van der Waals surface area contributed by atoms with Crippen molar-refractivity contribution in [2.24, 2.45) is 5.92 Å². The van der Waals surface area contributed by atoms with Gasteiger partial charge in [0, 0.05) is 6.04 Å². The van der Waals surface area contributed by atoms with E-state index >= 15 is 0 Å². The summed E-state index contributed by atoms with van der Waals surface area (Å²) in [6.07, 6.45) is 3.68. The Morgan fingerprint density at radius 1 is 1.55 bits per heavy atom. The topological polar surface area (TPSA) is 104 Å². The van der Waals surface area contributed by atoms with E-state index in [1.165, 1.54) is 6.33 Å². The molecule has 1 fully saturated rings. The van der Waals surface area contributed by atoms with Gasteiger partial charge in [0.15, 0.2) is 5.82 Å². The van der Waals surface area contributed by atoms with Crippen LogP contribution in [0, 0.1) is 5.92 Å². The standard InChI is InChI=1S/C12H18N6O2/c1-8-3-2-4-18(9(8)6-19)5-10-15-12(17-20-10)11-13-7-14-16-11/h7-9,19H,2-6H2,1H3,(H,13,14,16). The third kappa shape index (κ3) is 2.56. The van der Waals surface area contributed by atoms with Crippen molar-refractivity contribution in [2.75, 3.05) is 13.2 Å². The van der Waals surface area contributed by atoms with Crippen molar-refractivity contribution < 1.29 is 9.63 Å². The maximum Gasteiger partial charge on any atom is 0.241 e. The number of hydrogen-bond donors (Lipinski definition) is 2. The molecular weight excluding hydrogens is 260 g/mol. The van der Waals surface area contributed by atoms with Crippen LogP contribution in [0.25, 0.3) is 11.6 Å². The van der Waals surface area contributed by atoms with E-state index in [9.17, 15) is 5.11 Å². The molecule has 20 heavy (non-hydrogen) atoms. The quantitative estimate of drug-likeness (QED) is 0.836. The number of H-pyrrole nitrogens is 1. The number of aromatic nitrogens is 5. The third-order valence-corrected chi connectivity index (χ3v) is 3.85. The van der Waals surface area contributed by atoms with Gasteiger partial charge < -0.3 is 9.63 Å². The number of rotatable bonds is 4. The summed E-state index contributed by atoms with van der Waals surface area (Å²) in [4.78, 5) is 10.5. The Bertz CT molecular complexity index is 540. The molecule has 2 aromatic rings. The molecule has 2 unspecified atom stereocenters. The lowest BCUT2D eigenvalue weighted by Crippen LogP contribution is -2.46. The van der Waals surface area contributed by atoms with E-state index in [-0.39, 0.29) is 12.6 Å². The SMILES string of the molecule is CC1CCCN(Cc2nc(-c3ncn[nH]3)no2)C1CO. The summed E-state index contributed by atoms with van der Waals surface area (Å²) in [5, 5.41) is 19.9. The molecule has 2 aromatic heterocycles. The Hall–Kier alpha value is -1.80. The molecule has 8 nitrogen and oxygen atoms in total. The molecule has 2 atom stereocenters. The molecular formula is C12H18N6O2. The Kier molecular flexibility index (Phi) is 3.75. The first-order valence-electron chi connectivity index (χ1n) is 6.81. The van der Waals surface area contributed by atoms with Gasteiger partial charge in [0.05, 0.1) is 13.2 Å². The van der Waals surface area contributed by atoms with Crippen molar-refractivity contribution in [3.63, 3.8) is 0 Å². The number of aliphatic hydroxyl groups excluding tert-OH is 1. The van der Waals surface area contributed by atoms with Crippen LogP contribution < -0.4 is 0 Å². The average Bonchev–Trinajstić information content (AvgIpc) is 3.09. The van der Waals surface area contributed by atoms with Crippen molar-refractivity contribution in [2.45, 2.75) is 32.4 Å². The van der Waals surface area contributed by atoms with Gasteiger partial charge in [-0.1, -0.05) is 12.1 Å². The first-order valence-corrected chi connectivity index (χ1v) is 6.81. The molecule has 1 aliphatic rings. The van der Waals surface area contributed by atoms with Crippen LogP contribution >= 0.6 is 0 Å². The minimum Gasteiger partial charge on any atom is -0.395 e. The lowest BCUT2D eigenvalue weighted by molar-refractivity contribution is 0.0400. The highest BCUT2D eigenvalue weighted by atomic mass is 16.5. The maximum absolute atomic E-state index is 9.53. The highest BCUT2D eigenvalue weighted by Gasteiger charge is 2.29. The fourth-order valence-corrected chi connectivity index (χ4v) is 2.73. The van der Waals surface area contributed by atoms with Gasteiger partial charge in [0.2, 0.25) is 11.7 Å². The zero-order chi connectivity index (χ0) is 13.9. The van der Waals surface area contributed by atoms with Gasteiger partial charge in [0.1, 0.15) is 6.33 Å². The summed E-state index contributed by atoms with van der Waals surface area (Å²) < 4.78 is 5.25. The van der Waals surface area contributed by atoms with Crippen LogP contribution in [0.15, 0.2) is 10.9 Å². The van der Waals surface area contributed by atoms with E-state index in [4.69, 9.17) is 4.52 Å². The van der Waals surface area contributed by atoms with Gasteiger partial charge in [-0.2, -0.15) is 10.1 Å². The summed E-state index contributed by atoms with van der Waals surface area (Å²) in [5.41, 5.74) is 0. The molecule has 0 saturated carbocycles. The van der Waals surface area contributed by atoms with E-state index < -0.39 is 0 Å². The fourth-order valence-electron chi connectivity index (χ4n) is 2.73. The second-order valence-electron chi connectivity index (χ2n) is 5.19. The number of nitrogens with one attached hydrogen (secondary N) is 1. The number of likely N-dealkylation sites (tertiary alicyclic amines) is 1. The molecule has 8 heteroatoms. The molecule has 0 spiro atoms. The Morgan fingerprint density at radius 3 is 3.20 bits per heavy atom. The van der Waals surface area contributed by atoms with Crippen LogP contribution in [0.1, 0.15) is 25.7 Å². The zero-order valence-corrected chi connectivity index (χ0v) is 11.4. The Labute approximate surface area is 116 Å². The van der Waals surface area contributed by atoms with Crippen LogP contribution in [-0.4, -0.2) is 54.5 Å². The van der Waals surface area contributed by atoms with Crippen LogP contribution in [-0.2, 0) is 6.54 Å². The van der Waals surface area contributed by atoms with Crippen molar-refractivity contribution >= 4 is 0 Å². The number of aromatic amines is 1. The first-order chi connectivity index (χ1) is 9.78. The normalized spacial score (nSPS) is 24.1. The first kappa shape index (κ1) is 13.2. The summed E-state index contributed by atoms with van der Waals surface area (Å²) >= 11 is 0. The molecule has 0 aromatic carbocycles. The predicted molar refractivity (Wildman–Crippen MR) is 69.4 cm³/mol.